The van der Waals surface area contributed by atoms with Gasteiger partial charge in [0.1, 0.15) is 0 Å². The Morgan fingerprint density at radius 2 is 1.89 bits per heavy atom. The molecule has 0 fully saturated rings. The van der Waals surface area contributed by atoms with E-state index in [1.807, 2.05) is 24.3 Å². The van der Waals surface area contributed by atoms with Crippen LogP contribution in [0.2, 0.25) is 0 Å². The number of para-hydroxylation sites is 1. The van der Waals surface area contributed by atoms with Crippen molar-refractivity contribution in [2.75, 3.05) is 0 Å². The third-order valence-corrected chi connectivity index (χ3v) is 3.09. The van der Waals surface area contributed by atoms with Gasteiger partial charge in [0.2, 0.25) is 5.88 Å². The first-order valence-electron chi connectivity index (χ1n) is 5.94. The van der Waals surface area contributed by atoms with Gasteiger partial charge in [-0.05, 0) is 26.8 Å². The summed E-state index contributed by atoms with van der Waals surface area (Å²) in [5.74, 6) is -0.00769. The van der Waals surface area contributed by atoms with E-state index in [4.69, 9.17) is 0 Å². The number of imidazole rings is 1. The summed E-state index contributed by atoms with van der Waals surface area (Å²) >= 11 is 0. The second-order valence-corrected chi connectivity index (χ2v) is 5.44. The zero-order valence-electron chi connectivity index (χ0n) is 10.7. The number of fused-ring (bicyclic) bond motifs is 3. The standard InChI is InChI=1S/C14H15N3O/c1-14(2,3)17-8-15-11-12(17)9-6-4-5-7-10(9)16-13(11)18/h4-8H,1-3H3,(H,16,18). The number of hydrogen-bond donors (Lipinski definition) is 1. The van der Waals surface area contributed by atoms with Crippen LogP contribution in [0.1, 0.15) is 20.8 Å². The molecule has 2 heterocycles. The van der Waals surface area contributed by atoms with Crippen LogP contribution in [0.5, 0.6) is 5.88 Å². The van der Waals surface area contributed by atoms with Crippen LogP contribution in [-0.2, 0) is 5.54 Å². The lowest BCUT2D eigenvalue weighted by molar-refractivity contribution is 0.409. The normalized spacial score (nSPS) is 12.4. The first-order valence-corrected chi connectivity index (χ1v) is 5.94. The molecule has 2 aromatic heterocycles. The Hall–Kier alpha value is -2.10. The number of rotatable bonds is 0. The highest BCUT2D eigenvalue weighted by atomic mass is 16.3. The number of aromatic hydroxyl groups is 1. The van der Waals surface area contributed by atoms with Crippen LogP contribution in [0.25, 0.3) is 21.9 Å². The van der Waals surface area contributed by atoms with Gasteiger partial charge in [-0.25, -0.2) is 9.97 Å². The van der Waals surface area contributed by atoms with E-state index in [9.17, 15) is 5.11 Å². The minimum atomic E-state index is -0.0919. The van der Waals surface area contributed by atoms with E-state index in [0.29, 0.717) is 5.52 Å². The number of pyridine rings is 1. The minimum absolute atomic E-state index is 0.00769. The Morgan fingerprint density at radius 1 is 1.17 bits per heavy atom. The van der Waals surface area contributed by atoms with Gasteiger partial charge in [0.05, 0.1) is 17.4 Å². The summed E-state index contributed by atoms with van der Waals surface area (Å²) in [7, 11) is 0. The van der Waals surface area contributed by atoms with Crippen molar-refractivity contribution in [3.63, 3.8) is 0 Å². The highest BCUT2D eigenvalue weighted by molar-refractivity contribution is 6.04. The number of benzene rings is 1. The van der Waals surface area contributed by atoms with Crippen molar-refractivity contribution in [2.45, 2.75) is 26.3 Å². The van der Waals surface area contributed by atoms with Crippen molar-refractivity contribution in [3.8, 4) is 5.88 Å². The molecule has 0 saturated heterocycles. The second kappa shape index (κ2) is 3.45. The smallest absolute Gasteiger partial charge is 0.240 e. The summed E-state index contributed by atoms with van der Waals surface area (Å²) in [6.07, 6.45) is 1.76. The van der Waals surface area contributed by atoms with Crippen LogP contribution >= 0.6 is 0 Å². The Bertz CT molecular complexity index is 738. The summed E-state index contributed by atoms with van der Waals surface area (Å²) in [6, 6.07) is 7.79. The molecule has 0 atom stereocenters. The van der Waals surface area contributed by atoms with E-state index in [0.717, 1.165) is 16.4 Å². The van der Waals surface area contributed by atoms with E-state index in [2.05, 4.69) is 35.3 Å². The van der Waals surface area contributed by atoms with Crippen molar-refractivity contribution >= 4 is 21.9 Å². The fraction of sp³-hybridized carbons (Fsp3) is 0.286. The average molecular weight is 241 g/mol. The van der Waals surface area contributed by atoms with Gasteiger partial charge in [-0.3, -0.25) is 0 Å². The maximum absolute atomic E-state index is 9.96. The maximum Gasteiger partial charge on any atom is 0.240 e. The second-order valence-electron chi connectivity index (χ2n) is 5.44. The van der Waals surface area contributed by atoms with Gasteiger partial charge in [0, 0.05) is 10.9 Å². The molecule has 3 aromatic rings. The van der Waals surface area contributed by atoms with Crippen LogP contribution in [0.3, 0.4) is 0 Å². The van der Waals surface area contributed by atoms with Crippen LogP contribution in [0.4, 0.5) is 0 Å². The van der Waals surface area contributed by atoms with Gasteiger partial charge in [-0.1, -0.05) is 18.2 Å². The van der Waals surface area contributed by atoms with Crippen molar-refractivity contribution in [2.24, 2.45) is 0 Å². The monoisotopic (exact) mass is 241 g/mol. The summed E-state index contributed by atoms with van der Waals surface area (Å²) < 4.78 is 2.08. The molecule has 0 aliphatic heterocycles. The number of nitrogens with zero attached hydrogens (tertiary/aromatic N) is 3. The molecule has 0 bridgehead atoms. The molecule has 3 rings (SSSR count). The first-order chi connectivity index (χ1) is 8.48. The van der Waals surface area contributed by atoms with Gasteiger partial charge >= 0.3 is 0 Å². The Kier molecular flexibility index (Phi) is 2.11. The van der Waals surface area contributed by atoms with Gasteiger partial charge in [-0.15, -0.1) is 0 Å². The lowest BCUT2D eigenvalue weighted by Gasteiger charge is -2.22. The van der Waals surface area contributed by atoms with E-state index in [-0.39, 0.29) is 11.4 Å². The summed E-state index contributed by atoms with van der Waals surface area (Å²) in [4.78, 5) is 8.46. The molecular formula is C14H15N3O. The van der Waals surface area contributed by atoms with Crippen molar-refractivity contribution < 1.29 is 5.11 Å². The zero-order valence-corrected chi connectivity index (χ0v) is 10.7. The maximum atomic E-state index is 9.96. The highest BCUT2D eigenvalue weighted by Crippen LogP contribution is 2.32. The molecule has 0 unspecified atom stereocenters. The third-order valence-electron chi connectivity index (χ3n) is 3.09. The van der Waals surface area contributed by atoms with E-state index < -0.39 is 0 Å². The summed E-state index contributed by atoms with van der Waals surface area (Å²) in [5.41, 5.74) is 2.19. The Balaban J connectivity index is 2.56. The molecule has 92 valence electrons. The largest absolute Gasteiger partial charge is 0.492 e. The molecule has 0 spiro atoms. The quantitative estimate of drug-likeness (QED) is 0.658. The summed E-state index contributed by atoms with van der Waals surface area (Å²) in [6.45, 7) is 6.33. The first kappa shape index (κ1) is 11.0. The van der Waals surface area contributed by atoms with Crippen molar-refractivity contribution in [3.05, 3.63) is 30.6 Å². The van der Waals surface area contributed by atoms with Gasteiger partial charge in [0.15, 0.2) is 5.52 Å². The van der Waals surface area contributed by atoms with Crippen LogP contribution < -0.4 is 0 Å². The predicted octanol–water partition coefficient (Wildman–Crippen LogP) is 3.05. The molecule has 0 saturated carbocycles. The topological polar surface area (TPSA) is 50.9 Å². The third kappa shape index (κ3) is 1.45. The SMILES string of the molecule is CC(C)(C)n1cnc2c(O)nc3ccccc3c21. The highest BCUT2D eigenvalue weighted by Gasteiger charge is 2.20. The van der Waals surface area contributed by atoms with Gasteiger partial charge < -0.3 is 9.67 Å². The molecule has 0 aliphatic rings. The minimum Gasteiger partial charge on any atom is -0.492 e. The van der Waals surface area contributed by atoms with Crippen LogP contribution in [-0.4, -0.2) is 19.6 Å². The lowest BCUT2D eigenvalue weighted by Crippen LogP contribution is -2.20. The molecule has 1 N–H and O–H groups in total. The lowest BCUT2D eigenvalue weighted by atomic mass is 10.1. The molecule has 0 aliphatic carbocycles. The molecule has 1 aromatic carbocycles. The fourth-order valence-corrected chi connectivity index (χ4v) is 2.22. The molecular weight excluding hydrogens is 226 g/mol. The average Bonchev–Trinajstić information content (AvgIpc) is 2.74. The van der Waals surface area contributed by atoms with Crippen LogP contribution in [0.15, 0.2) is 30.6 Å². The van der Waals surface area contributed by atoms with Gasteiger partial charge in [-0.2, -0.15) is 0 Å². The van der Waals surface area contributed by atoms with Crippen molar-refractivity contribution in [1.29, 1.82) is 0 Å². The Morgan fingerprint density at radius 3 is 2.61 bits per heavy atom. The van der Waals surface area contributed by atoms with E-state index in [1.54, 1.807) is 6.33 Å². The predicted molar refractivity (Wildman–Crippen MR) is 71.7 cm³/mol. The number of aromatic nitrogens is 3. The van der Waals surface area contributed by atoms with Crippen LogP contribution in [0, 0.1) is 0 Å². The fourth-order valence-electron chi connectivity index (χ4n) is 2.22. The molecule has 0 radical (unpaired) electrons. The van der Waals surface area contributed by atoms with E-state index >= 15 is 0 Å². The van der Waals surface area contributed by atoms with E-state index in [1.165, 1.54) is 0 Å². The Labute approximate surface area is 105 Å². The van der Waals surface area contributed by atoms with Crippen molar-refractivity contribution in [1.82, 2.24) is 14.5 Å². The zero-order chi connectivity index (χ0) is 12.9. The molecule has 4 nitrogen and oxygen atoms in total. The molecule has 18 heavy (non-hydrogen) atoms. The molecule has 0 amide bonds. The number of hydrogen-bond acceptors (Lipinski definition) is 3. The van der Waals surface area contributed by atoms with Gasteiger partial charge in [0.25, 0.3) is 0 Å². The molecule has 4 heteroatoms. The summed E-state index contributed by atoms with van der Waals surface area (Å²) in [5, 5.41) is 11.0.